The number of fused-ring (bicyclic) bond motifs is 1. The second-order valence-electron chi connectivity index (χ2n) is 5.23. The molecule has 0 saturated carbocycles. The average Bonchev–Trinajstić information content (AvgIpc) is 2.58. The number of aromatic hydroxyl groups is 1. The Morgan fingerprint density at radius 2 is 1.67 bits per heavy atom. The predicted octanol–water partition coefficient (Wildman–Crippen LogP) is 4.35. The van der Waals surface area contributed by atoms with Crippen LogP contribution in [-0.2, 0) is 4.74 Å². The summed E-state index contributed by atoms with van der Waals surface area (Å²) in [4.78, 5) is 24.2. The van der Waals surface area contributed by atoms with Crippen LogP contribution in [0.3, 0.4) is 0 Å². The lowest BCUT2D eigenvalue weighted by Gasteiger charge is -2.08. The fraction of sp³-hybridized carbons (Fsp3) is 0.0526. The van der Waals surface area contributed by atoms with Gasteiger partial charge in [0, 0.05) is 10.0 Å². The van der Waals surface area contributed by atoms with Crippen molar-refractivity contribution in [2.75, 3.05) is 6.61 Å². The number of hydrogen-bond acceptors (Lipinski definition) is 4. The molecule has 0 spiro atoms. The number of rotatable bonds is 4. The Morgan fingerprint density at radius 3 is 2.38 bits per heavy atom. The van der Waals surface area contributed by atoms with Crippen LogP contribution in [0.15, 0.2) is 65.1 Å². The summed E-state index contributed by atoms with van der Waals surface area (Å²) in [5, 5.41) is 11.6. The normalized spacial score (nSPS) is 10.5. The molecule has 3 rings (SSSR count). The second kappa shape index (κ2) is 6.84. The monoisotopic (exact) mass is 384 g/mol. The molecule has 3 aromatic rings. The molecule has 0 heterocycles. The summed E-state index contributed by atoms with van der Waals surface area (Å²) in [6.07, 6.45) is 0. The molecule has 4 nitrogen and oxygen atoms in total. The van der Waals surface area contributed by atoms with Crippen molar-refractivity contribution < 1.29 is 19.4 Å². The first-order chi connectivity index (χ1) is 11.5. The van der Waals surface area contributed by atoms with Gasteiger partial charge in [0.15, 0.2) is 12.4 Å². The SMILES string of the molecule is O=C(COC(=O)c1cc2ccccc2cc1O)c1cccc(Br)c1. The standard InChI is InChI=1S/C19H13BrO4/c20-15-7-3-6-14(8-15)18(22)11-24-19(23)16-9-12-4-1-2-5-13(12)10-17(16)21/h1-10,21H,11H2. The van der Waals surface area contributed by atoms with Crippen molar-refractivity contribution in [2.24, 2.45) is 0 Å². The zero-order valence-corrected chi connectivity index (χ0v) is 14.1. The summed E-state index contributed by atoms with van der Waals surface area (Å²) < 4.78 is 5.82. The van der Waals surface area contributed by atoms with Crippen molar-refractivity contribution >= 4 is 38.5 Å². The highest BCUT2D eigenvalue weighted by Crippen LogP contribution is 2.25. The van der Waals surface area contributed by atoms with E-state index in [0.717, 1.165) is 15.2 Å². The van der Waals surface area contributed by atoms with Crippen LogP contribution in [0.1, 0.15) is 20.7 Å². The largest absolute Gasteiger partial charge is 0.507 e. The molecule has 0 amide bonds. The van der Waals surface area contributed by atoms with Gasteiger partial charge in [0.25, 0.3) is 0 Å². The van der Waals surface area contributed by atoms with Crippen LogP contribution in [0.25, 0.3) is 10.8 Å². The molecule has 0 atom stereocenters. The van der Waals surface area contributed by atoms with Gasteiger partial charge < -0.3 is 9.84 Å². The Bertz CT molecular complexity index is 934. The summed E-state index contributed by atoms with van der Waals surface area (Å²) in [6.45, 7) is -0.387. The summed E-state index contributed by atoms with van der Waals surface area (Å²) >= 11 is 3.29. The van der Waals surface area contributed by atoms with Gasteiger partial charge in [-0.3, -0.25) is 4.79 Å². The number of hydrogen-bond donors (Lipinski definition) is 1. The molecule has 0 unspecified atom stereocenters. The van der Waals surface area contributed by atoms with E-state index in [1.165, 1.54) is 6.07 Å². The smallest absolute Gasteiger partial charge is 0.342 e. The third kappa shape index (κ3) is 3.46. The van der Waals surface area contributed by atoms with E-state index < -0.39 is 5.97 Å². The van der Waals surface area contributed by atoms with E-state index in [2.05, 4.69) is 15.9 Å². The Kier molecular flexibility index (Phi) is 4.62. The number of halogens is 1. The van der Waals surface area contributed by atoms with Crippen molar-refractivity contribution in [1.29, 1.82) is 0 Å². The van der Waals surface area contributed by atoms with Gasteiger partial charge in [-0.2, -0.15) is 0 Å². The topological polar surface area (TPSA) is 63.6 Å². The van der Waals surface area contributed by atoms with Gasteiger partial charge in [-0.25, -0.2) is 4.79 Å². The Labute approximate surface area is 146 Å². The number of benzene rings is 3. The lowest BCUT2D eigenvalue weighted by Crippen LogP contribution is -2.14. The first kappa shape index (κ1) is 16.2. The minimum absolute atomic E-state index is 0.0377. The summed E-state index contributed by atoms with van der Waals surface area (Å²) in [5.41, 5.74) is 0.482. The minimum atomic E-state index is -0.735. The third-order valence-corrected chi connectivity index (χ3v) is 4.06. The molecule has 0 radical (unpaired) electrons. The molecule has 0 bridgehead atoms. The molecule has 1 N–H and O–H groups in total. The molecule has 0 aliphatic heterocycles. The number of esters is 1. The van der Waals surface area contributed by atoms with Gasteiger partial charge in [-0.1, -0.05) is 52.3 Å². The zero-order valence-electron chi connectivity index (χ0n) is 12.5. The van der Waals surface area contributed by atoms with E-state index in [1.807, 2.05) is 24.3 Å². The van der Waals surface area contributed by atoms with Crippen molar-refractivity contribution in [2.45, 2.75) is 0 Å². The molecule has 5 heteroatoms. The highest BCUT2D eigenvalue weighted by atomic mass is 79.9. The maximum Gasteiger partial charge on any atom is 0.342 e. The van der Waals surface area contributed by atoms with Crippen molar-refractivity contribution in [3.05, 3.63) is 76.3 Å². The van der Waals surface area contributed by atoms with Crippen molar-refractivity contribution in [1.82, 2.24) is 0 Å². The Balaban J connectivity index is 1.75. The number of phenols is 1. The van der Waals surface area contributed by atoms with Crippen LogP contribution in [0.2, 0.25) is 0 Å². The highest BCUT2D eigenvalue weighted by molar-refractivity contribution is 9.10. The minimum Gasteiger partial charge on any atom is -0.507 e. The Morgan fingerprint density at radius 1 is 0.958 bits per heavy atom. The number of ketones is 1. The molecular formula is C19H13BrO4. The number of ether oxygens (including phenoxy) is 1. The molecule has 0 aliphatic rings. The van der Waals surface area contributed by atoms with E-state index in [9.17, 15) is 14.7 Å². The first-order valence-corrected chi connectivity index (χ1v) is 8.01. The lowest BCUT2D eigenvalue weighted by atomic mass is 10.1. The number of carbonyl (C=O) groups excluding carboxylic acids is 2. The Hall–Kier alpha value is -2.66. The van der Waals surface area contributed by atoms with Crippen LogP contribution >= 0.6 is 15.9 Å². The predicted molar refractivity (Wildman–Crippen MR) is 94.4 cm³/mol. The van der Waals surface area contributed by atoms with E-state index in [0.29, 0.717) is 5.56 Å². The fourth-order valence-electron chi connectivity index (χ4n) is 2.35. The number of Topliss-reactive ketones (excluding diaryl/α,β-unsaturated/α-hetero) is 1. The van der Waals surface area contributed by atoms with E-state index in [-0.39, 0.29) is 23.7 Å². The highest BCUT2D eigenvalue weighted by Gasteiger charge is 2.16. The molecule has 0 saturated heterocycles. The zero-order chi connectivity index (χ0) is 17.1. The summed E-state index contributed by atoms with van der Waals surface area (Å²) in [5.74, 6) is -1.22. The fourth-order valence-corrected chi connectivity index (χ4v) is 2.75. The van der Waals surface area contributed by atoms with Gasteiger partial charge in [-0.05, 0) is 35.0 Å². The first-order valence-electron chi connectivity index (χ1n) is 7.22. The molecule has 3 aromatic carbocycles. The van der Waals surface area contributed by atoms with Gasteiger partial charge in [0.1, 0.15) is 11.3 Å². The van der Waals surface area contributed by atoms with E-state index in [4.69, 9.17) is 4.74 Å². The summed E-state index contributed by atoms with van der Waals surface area (Å²) in [7, 11) is 0. The van der Waals surface area contributed by atoms with Crippen LogP contribution in [0.5, 0.6) is 5.75 Å². The van der Waals surface area contributed by atoms with Crippen LogP contribution in [0, 0.1) is 0 Å². The molecule has 0 aromatic heterocycles. The van der Waals surface area contributed by atoms with Crippen molar-refractivity contribution in [3.63, 3.8) is 0 Å². The number of carbonyl (C=O) groups is 2. The van der Waals surface area contributed by atoms with Crippen LogP contribution in [-0.4, -0.2) is 23.5 Å². The quantitative estimate of drug-likeness (QED) is 0.536. The van der Waals surface area contributed by atoms with Gasteiger partial charge in [-0.15, -0.1) is 0 Å². The van der Waals surface area contributed by atoms with Gasteiger partial charge in [0.2, 0.25) is 0 Å². The van der Waals surface area contributed by atoms with E-state index >= 15 is 0 Å². The second-order valence-corrected chi connectivity index (χ2v) is 6.14. The average molecular weight is 385 g/mol. The lowest BCUT2D eigenvalue weighted by molar-refractivity contribution is 0.0472. The van der Waals surface area contributed by atoms with E-state index in [1.54, 1.807) is 30.3 Å². The van der Waals surface area contributed by atoms with Gasteiger partial charge >= 0.3 is 5.97 Å². The number of phenolic OH excluding ortho intramolecular Hbond substituents is 1. The molecule has 120 valence electrons. The van der Waals surface area contributed by atoms with Crippen LogP contribution in [0.4, 0.5) is 0 Å². The molecule has 0 aliphatic carbocycles. The molecular weight excluding hydrogens is 372 g/mol. The summed E-state index contributed by atoms with van der Waals surface area (Å²) in [6, 6.07) is 17.2. The van der Waals surface area contributed by atoms with Gasteiger partial charge in [0.05, 0.1) is 0 Å². The van der Waals surface area contributed by atoms with Crippen molar-refractivity contribution in [3.8, 4) is 5.75 Å². The molecule has 0 fully saturated rings. The van der Waals surface area contributed by atoms with Crippen LogP contribution < -0.4 is 0 Å². The third-order valence-electron chi connectivity index (χ3n) is 3.56. The molecule has 24 heavy (non-hydrogen) atoms. The maximum atomic E-state index is 12.2. The maximum absolute atomic E-state index is 12.2.